The van der Waals surface area contributed by atoms with E-state index in [1.165, 1.54) is 25.7 Å². The van der Waals surface area contributed by atoms with Crippen molar-refractivity contribution in [2.24, 2.45) is 5.92 Å². The molecule has 1 aromatic carbocycles. The Bertz CT molecular complexity index is 489. The Morgan fingerprint density at radius 1 is 1.33 bits per heavy atom. The zero-order valence-corrected chi connectivity index (χ0v) is 12.6. The van der Waals surface area contributed by atoms with Crippen molar-refractivity contribution in [2.45, 2.75) is 50.7 Å². The first-order valence-corrected chi connectivity index (χ1v) is 7.93. The van der Waals surface area contributed by atoms with Crippen LogP contribution in [0.5, 0.6) is 5.75 Å². The van der Waals surface area contributed by atoms with Crippen LogP contribution < -0.4 is 15.4 Å². The standard InChI is InChI=1S/C17H24N2O2/c1-21-16-9-5-3-7-13(16)11-18-17(20)15-10-12-6-2-4-8-14(12)19-15/h3,5,7,9,12,14-15,19H,2,4,6,8,10-11H2,1H3,(H,18,20). The summed E-state index contributed by atoms with van der Waals surface area (Å²) in [6.07, 6.45) is 6.10. The highest BCUT2D eigenvalue weighted by atomic mass is 16.5. The number of nitrogens with one attached hydrogen (secondary N) is 2. The van der Waals surface area contributed by atoms with E-state index in [-0.39, 0.29) is 11.9 Å². The van der Waals surface area contributed by atoms with Crippen LogP contribution in [0, 0.1) is 5.92 Å². The molecule has 2 N–H and O–H groups in total. The smallest absolute Gasteiger partial charge is 0.237 e. The van der Waals surface area contributed by atoms with Gasteiger partial charge in [-0.2, -0.15) is 0 Å². The summed E-state index contributed by atoms with van der Waals surface area (Å²) in [6.45, 7) is 0.524. The summed E-state index contributed by atoms with van der Waals surface area (Å²) >= 11 is 0. The summed E-state index contributed by atoms with van der Waals surface area (Å²) in [5, 5.41) is 6.56. The molecule has 1 amide bonds. The zero-order valence-electron chi connectivity index (χ0n) is 12.6. The molecule has 3 unspecified atom stereocenters. The van der Waals surface area contributed by atoms with Gasteiger partial charge in [-0.05, 0) is 31.2 Å². The number of carbonyl (C=O) groups is 1. The molecule has 2 fully saturated rings. The molecule has 2 aliphatic rings. The Balaban J connectivity index is 1.55. The van der Waals surface area contributed by atoms with Crippen molar-refractivity contribution in [2.75, 3.05) is 7.11 Å². The Kier molecular flexibility index (Phi) is 4.44. The minimum absolute atomic E-state index is 0.0205. The van der Waals surface area contributed by atoms with Crippen LogP contribution >= 0.6 is 0 Å². The maximum absolute atomic E-state index is 12.3. The third-order valence-corrected chi connectivity index (χ3v) is 4.82. The number of hydrogen-bond acceptors (Lipinski definition) is 3. The molecule has 4 nitrogen and oxygen atoms in total. The van der Waals surface area contributed by atoms with Gasteiger partial charge in [0.1, 0.15) is 5.75 Å². The quantitative estimate of drug-likeness (QED) is 0.893. The highest BCUT2D eigenvalue weighted by Gasteiger charge is 2.37. The lowest BCUT2D eigenvalue weighted by atomic mass is 9.85. The monoisotopic (exact) mass is 288 g/mol. The molecule has 0 spiro atoms. The number of ether oxygens (including phenoxy) is 1. The molecule has 1 saturated heterocycles. The topological polar surface area (TPSA) is 50.4 Å². The van der Waals surface area contributed by atoms with E-state index in [1.54, 1.807) is 7.11 Å². The lowest BCUT2D eigenvalue weighted by molar-refractivity contribution is -0.123. The van der Waals surface area contributed by atoms with E-state index >= 15 is 0 Å². The van der Waals surface area contributed by atoms with Crippen molar-refractivity contribution in [3.63, 3.8) is 0 Å². The van der Waals surface area contributed by atoms with E-state index in [9.17, 15) is 4.79 Å². The maximum Gasteiger partial charge on any atom is 0.237 e. The molecule has 114 valence electrons. The molecule has 4 heteroatoms. The molecular formula is C17H24N2O2. The average molecular weight is 288 g/mol. The first-order chi connectivity index (χ1) is 10.3. The van der Waals surface area contributed by atoms with Gasteiger partial charge in [0.2, 0.25) is 5.91 Å². The second kappa shape index (κ2) is 6.48. The van der Waals surface area contributed by atoms with Crippen molar-refractivity contribution in [1.29, 1.82) is 0 Å². The predicted molar refractivity (Wildman–Crippen MR) is 82.1 cm³/mol. The second-order valence-electron chi connectivity index (χ2n) is 6.14. The number of rotatable bonds is 4. The molecule has 21 heavy (non-hydrogen) atoms. The highest BCUT2D eigenvalue weighted by molar-refractivity contribution is 5.82. The molecular weight excluding hydrogens is 264 g/mol. The van der Waals surface area contributed by atoms with Gasteiger partial charge in [-0.3, -0.25) is 4.79 Å². The fourth-order valence-electron chi connectivity index (χ4n) is 3.68. The van der Waals surface area contributed by atoms with Crippen molar-refractivity contribution in [1.82, 2.24) is 10.6 Å². The fraction of sp³-hybridized carbons (Fsp3) is 0.588. The summed E-state index contributed by atoms with van der Waals surface area (Å²) in [5.74, 6) is 1.64. The van der Waals surface area contributed by atoms with Gasteiger partial charge >= 0.3 is 0 Å². The van der Waals surface area contributed by atoms with Crippen LogP contribution in [0.15, 0.2) is 24.3 Å². The maximum atomic E-state index is 12.3. The third-order valence-electron chi connectivity index (χ3n) is 4.82. The van der Waals surface area contributed by atoms with Crippen LogP contribution in [0.3, 0.4) is 0 Å². The molecule has 1 heterocycles. The molecule has 1 aromatic rings. The van der Waals surface area contributed by atoms with Crippen molar-refractivity contribution >= 4 is 5.91 Å². The van der Waals surface area contributed by atoms with Crippen LogP contribution in [-0.4, -0.2) is 25.1 Å². The van der Waals surface area contributed by atoms with Crippen LogP contribution in [-0.2, 0) is 11.3 Å². The Labute approximate surface area is 126 Å². The fourth-order valence-corrected chi connectivity index (χ4v) is 3.68. The normalized spacial score (nSPS) is 28.0. The van der Waals surface area contributed by atoms with Crippen LogP contribution in [0.4, 0.5) is 0 Å². The Morgan fingerprint density at radius 3 is 2.95 bits per heavy atom. The molecule has 1 aliphatic carbocycles. The molecule has 1 aliphatic heterocycles. The summed E-state index contributed by atoms with van der Waals surface area (Å²) in [6, 6.07) is 8.35. The Hall–Kier alpha value is -1.55. The number of amides is 1. The van der Waals surface area contributed by atoms with Gasteiger partial charge in [-0.1, -0.05) is 31.0 Å². The van der Waals surface area contributed by atoms with E-state index in [0.717, 1.165) is 17.7 Å². The van der Waals surface area contributed by atoms with Gasteiger partial charge in [0.15, 0.2) is 0 Å². The summed E-state index contributed by atoms with van der Waals surface area (Å²) in [4.78, 5) is 12.3. The van der Waals surface area contributed by atoms with Crippen molar-refractivity contribution in [3.05, 3.63) is 29.8 Å². The number of carbonyl (C=O) groups excluding carboxylic acids is 1. The minimum atomic E-state index is -0.0205. The van der Waals surface area contributed by atoms with Gasteiger partial charge in [0.25, 0.3) is 0 Å². The highest BCUT2D eigenvalue weighted by Crippen LogP contribution is 2.33. The summed E-state index contributed by atoms with van der Waals surface area (Å²) in [7, 11) is 1.66. The number of benzene rings is 1. The van der Waals surface area contributed by atoms with E-state index in [4.69, 9.17) is 4.74 Å². The van der Waals surface area contributed by atoms with Crippen molar-refractivity contribution in [3.8, 4) is 5.75 Å². The second-order valence-corrected chi connectivity index (χ2v) is 6.14. The van der Waals surface area contributed by atoms with Gasteiger partial charge in [-0.15, -0.1) is 0 Å². The largest absolute Gasteiger partial charge is 0.496 e. The number of methoxy groups -OCH3 is 1. The zero-order chi connectivity index (χ0) is 14.7. The summed E-state index contributed by atoms with van der Waals surface area (Å²) in [5.41, 5.74) is 1.02. The number of hydrogen-bond donors (Lipinski definition) is 2. The average Bonchev–Trinajstić information content (AvgIpc) is 2.97. The SMILES string of the molecule is COc1ccccc1CNC(=O)C1CC2CCCCC2N1. The molecule has 0 radical (unpaired) electrons. The first-order valence-electron chi connectivity index (χ1n) is 7.93. The van der Waals surface area contributed by atoms with E-state index in [2.05, 4.69) is 10.6 Å². The van der Waals surface area contributed by atoms with Gasteiger partial charge in [0, 0.05) is 18.2 Å². The summed E-state index contributed by atoms with van der Waals surface area (Å²) < 4.78 is 5.31. The molecule has 0 bridgehead atoms. The van der Waals surface area contributed by atoms with Gasteiger partial charge < -0.3 is 15.4 Å². The van der Waals surface area contributed by atoms with E-state index in [0.29, 0.717) is 18.5 Å². The lowest BCUT2D eigenvalue weighted by Gasteiger charge is -2.24. The van der Waals surface area contributed by atoms with E-state index < -0.39 is 0 Å². The number of fused-ring (bicyclic) bond motifs is 1. The van der Waals surface area contributed by atoms with E-state index in [1.807, 2.05) is 24.3 Å². The van der Waals surface area contributed by atoms with Crippen LogP contribution in [0.25, 0.3) is 0 Å². The third kappa shape index (κ3) is 3.21. The van der Waals surface area contributed by atoms with Crippen LogP contribution in [0.2, 0.25) is 0 Å². The van der Waals surface area contributed by atoms with Crippen molar-refractivity contribution < 1.29 is 9.53 Å². The molecule has 1 saturated carbocycles. The van der Waals surface area contributed by atoms with Gasteiger partial charge in [-0.25, -0.2) is 0 Å². The molecule has 3 atom stereocenters. The Morgan fingerprint density at radius 2 is 2.14 bits per heavy atom. The molecule has 0 aromatic heterocycles. The van der Waals surface area contributed by atoms with Crippen LogP contribution in [0.1, 0.15) is 37.7 Å². The minimum Gasteiger partial charge on any atom is -0.496 e. The first kappa shape index (κ1) is 14.4. The molecule has 3 rings (SSSR count). The predicted octanol–water partition coefficient (Wildman–Crippen LogP) is 2.23. The van der Waals surface area contributed by atoms with Gasteiger partial charge in [0.05, 0.1) is 13.2 Å². The number of para-hydroxylation sites is 1. The lowest BCUT2D eigenvalue weighted by Crippen LogP contribution is -2.42.